The standard InChI is InChI=1S/C71H66N2S5/c1-3-5-7-9-11-15-21-48-27-28-49(43-48)63-35-38-68(75-63)69-39-36-64(76-69)50-29-32-59-55(44-50)57-46-62-58(47-61(57)72(59)52-22-16-13-17-23-52)56-45-51(30-33-60(56)73(62)53-24-18-14-19-25-53)65-37-40-70(77-65)71-42-41-67(78-71)66-34-31-54(74-66)26-20-12-10-8-6-4-2/h13-14,16-19,22-25,27-42,44-47H,3-12,15,20-21,26,43H2,1-2H3. The van der Waals surface area contributed by atoms with Gasteiger partial charge in [-0.1, -0.05) is 144 Å². The second-order valence-corrected chi connectivity index (χ2v) is 26.8. The molecule has 0 amide bonds. The first kappa shape index (κ1) is 51.1. The van der Waals surface area contributed by atoms with Crippen molar-refractivity contribution in [1.29, 1.82) is 0 Å². The molecule has 78 heavy (non-hydrogen) atoms. The molecule has 0 N–H and O–H groups in total. The minimum atomic E-state index is 1.10. The molecule has 0 saturated carbocycles. The molecule has 0 unspecified atom stereocenters. The van der Waals surface area contributed by atoms with Crippen molar-refractivity contribution in [1.82, 2.24) is 9.13 Å². The molecule has 1 aliphatic rings. The largest absolute Gasteiger partial charge is 0.309 e. The smallest absolute Gasteiger partial charge is 0.0548 e. The minimum absolute atomic E-state index is 1.10. The Morgan fingerprint density at radius 3 is 1.27 bits per heavy atom. The van der Waals surface area contributed by atoms with Gasteiger partial charge in [-0.25, -0.2) is 0 Å². The van der Waals surface area contributed by atoms with Gasteiger partial charge in [0.15, 0.2) is 0 Å². The van der Waals surface area contributed by atoms with Crippen molar-refractivity contribution in [2.75, 3.05) is 0 Å². The highest BCUT2D eigenvalue weighted by atomic mass is 32.1. The van der Waals surface area contributed by atoms with E-state index in [4.69, 9.17) is 0 Å². The summed E-state index contributed by atoms with van der Waals surface area (Å²) in [6, 6.07) is 64.5. The summed E-state index contributed by atoms with van der Waals surface area (Å²) in [5.74, 6) is 0. The Bertz CT molecular complexity index is 4100. The fourth-order valence-corrected chi connectivity index (χ4v) is 17.2. The van der Waals surface area contributed by atoms with E-state index in [1.807, 2.05) is 56.7 Å². The molecule has 0 aliphatic heterocycles. The number of nitrogens with zero attached hydrogens (tertiary/aromatic N) is 2. The van der Waals surface area contributed by atoms with Gasteiger partial charge in [0, 0.05) is 81.7 Å². The summed E-state index contributed by atoms with van der Waals surface area (Å²) < 4.78 is 4.96. The number of para-hydroxylation sites is 2. The third-order valence-electron chi connectivity index (χ3n) is 15.9. The van der Waals surface area contributed by atoms with Gasteiger partial charge in [0.2, 0.25) is 0 Å². The van der Waals surface area contributed by atoms with Crippen molar-refractivity contribution in [2.45, 2.75) is 110 Å². The van der Waals surface area contributed by atoms with E-state index in [-0.39, 0.29) is 0 Å². The molecule has 0 saturated heterocycles. The lowest BCUT2D eigenvalue weighted by Crippen LogP contribution is -1.94. The molecule has 0 radical (unpaired) electrons. The zero-order valence-corrected chi connectivity index (χ0v) is 48.9. The van der Waals surface area contributed by atoms with E-state index in [1.54, 1.807) is 5.57 Å². The first-order valence-electron chi connectivity index (χ1n) is 28.6. The summed E-state index contributed by atoms with van der Waals surface area (Å²) in [4.78, 5) is 13.6. The number of aryl methyl sites for hydroxylation is 1. The molecular weight excluding hydrogens is 1040 g/mol. The predicted octanol–water partition coefficient (Wildman–Crippen LogP) is 23.9. The first-order valence-corrected chi connectivity index (χ1v) is 32.7. The zero-order chi connectivity index (χ0) is 52.4. The number of hydrogen-bond acceptors (Lipinski definition) is 5. The Labute approximate surface area is 480 Å². The van der Waals surface area contributed by atoms with Gasteiger partial charge in [-0.3, -0.25) is 0 Å². The lowest BCUT2D eigenvalue weighted by Gasteiger charge is -2.09. The number of hydrogen-bond donors (Lipinski definition) is 0. The fraction of sp³-hybridized carbons (Fsp3) is 0.239. The SMILES string of the molecule is CCCCCCCCC1=CC=C(c2ccc(-c3ccc(-c4ccc5c(c4)c4cc6c(cc4n5-c4ccccc4)c4cc(-c5ccc(-c7ccc(-c8ccc(CCCCCCCC)s8)s7)s5)ccc4n6-c4ccccc4)s3)s2)C1. The molecular formula is C71H66N2S5. The third kappa shape index (κ3) is 10.4. The second kappa shape index (κ2) is 23.2. The predicted molar refractivity (Wildman–Crippen MR) is 347 cm³/mol. The van der Waals surface area contributed by atoms with E-state index in [0.29, 0.717) is 0 Å². The first-order chi connectivity index (χ1) is 38.6. The van der Waals surface area contributed by atoms with Crippen molar-refractivity contribution < 1.29 is 0 Å². The number of fused-ring (bicyclic) bond motifs is 6. The Morgan fingerprint density at radius 2 is 0.744 bits per heavy atom. The van der Waals surface area contributed by atoms with E-state index in [0.717, 1.165) is 6.42 Å². The van der Waals surface area contributed by atoms with Crippen LogP contribution in [0.4, 0.5) is 0 Å². The summed E-state index contributed by atoms with van der Waals surface area (Å²) in [5.41, 5.74) is 12.8. The van der Waals surface area contributed by atoms with Gasteiger partial charge in [0.25, 0.3) is 0 Å². The van der Waals surface area contributed by atoms with Crippen molar-refractivity contribution >= 4 is 106 Å². The van der Waals surface area contributed by atoms with Crippen molar-refractivity contribution in [3.05, 3.63) is 197 Å². The quantitative estimate of drug-likeness (QED) is 0.0599. The Kier molecular flexibility index (Phi) is 15.2. The normalized spacial score (nSPS) is 12.8. The number of rotatable bonds is 22. The van der Waals surface area contributed by atoms with Crippen LogP contribution in [0.2, 0.25) is 0 Å². The summed E-state index contributed by atoms with van der Waals surface area (Å²) in [7, 11) is 0. The molecule has 5 aromatic carbocycles. The zero-order valence-electron chi connectivity index (χ0n) is 44.9. The van der Waals surface area contributed by atoms with Crippen LogP contribution in [-0.2, 0) is 6.42 Å². The lowest BCUT2D eigenvalue weighted by molar-refractivity contribution is 0.605. The second-order valence-electron chi connectivity index (χ2n) is 21.3. The molecule has 0 bridgehead atoms. The van der Waals surface area contributed by atoms with Crippen LogP contribution in [0.1, 0.15) is 113 Å². The van der Waals surface area contributed by atoms with Crippen LogP contribution < -0.4 is 0 Å². The van der Waals surface area contributed by atoms with Gasteiger partial charge in [-0.2, -0.15) is 0 Å². The molecule has 7 heterocycles. The van der Waals surface area contributed by atoms with Gasteiger partial charge in [-0.15, -0.1) is 56.7 Å². The van der Waals surface area contributed by atoms with Crippen LogP contribution in [0.3, 0.4) is 0 Å². The van der Waals surface area contributed by atoms with Gasteiger partial charge < -0.3 is 9.13 Å². The number of benzene rings is 5. The van der Waals surface area contributed by atoms with Crippen LogP contribution in [-0.4, -0.2) is 9.13 Å². The van der Waals surface area contributed by atoms with Crippen LogP contribution in [0.25, 0.3) is 111 Å². The lowest BCUT2D eigenvalue weighted by atomic mass is 10.0. The maximum absolute atomic E-state index is 2.48. The van der Waals surface area contributed by atoms with Gasteiger partial charge in [0.05, 0.1) is 22.1 Å². The summed E-state index contributed by atoms with van der Waals surface area (Å²) in [6.45, 7) is 4.59. The van der Waals surface area contributed by atoms with Crippen LogP contribution in [0.5, 0.6) is 0 Å². The average molecular weight is 1110 g/mol. The highest BCUT2D eigenvalue weighted by Crippen LogP contribution is 2.47. The highest BCUT2D eigenvalue weighted by molar-refractivity contribution is 7.27. The topological polar surface area (TPSA) is 9.86 Å². The number of thiophene rings is 5. The maximum atomic E-state index is 2.48. The Morgan fingerprint density at radius 1 is 0.333 bits per heavy atom. The maximum Gasteiger partial charge on any atom is 0.0548 e. The van der Waals surface area contributed by atoms with E-state index in [2.05, 4.69) is 205 Å². The number of unbranched alkanes of at least 4 members (excludes halogenated alkanes) is 10. The van der Waals surface area contributed by atoms with Crippen molar-refractivity contribution in [3.8, 4) is 61.5 Å². The number of aromatic nitrogens is 2. The van der Waals surface area contributed by atoms with Crippen LogP contribution in [0.15, 0.2) is 188 Å². The van der Waals surface area contributed by atoms with Crippen molar-refractivity contribution in [2.24, 2.45) is 0 Å². The van der Waals surface area contributed by atoms with E-state index < -0.39 is 0 Å². The third-order valence-corrected chi connectivity index (χ3v) is 22.2. The molecule has 2 nitrogen and oxygen atoms in total. The number of allylic oxidation sites excluding steroid dienone is 4. The average Bonchev–Trinajstić information content (AvgIpc) is 4.47. The van der Waals surface area contributed by atoms with Gasteiger partial charge in [-0.05, 0) is 170 Å². The minimum Gasteiger partial charge on any atom is -0.309 e. The van der Waals surface area contributed by atoms with E-state index in [9.17, 15) is 0 Å². The van der Waals surface area contributed by atoms with Crippen LogP contribution in [0, 0.1) is 0 Å². The highest BCUT2D eigenvalue weighted by Gasteiger charge is 2.22. The summed E-state index contributed by atoms with van der Waals surface area (Å²) in [6.07, 6.45) is 24.5. The van der Waals surface area contributed by atoms with Crippen LogP contribution >= 0.6 is 56.7 Å². The molecule has 0 fully saturated rings. The molecule has 1 aliphatic carbocycles. The van der Waals surface area contributed by atoms with Gasteiger partial charge in [0.1, 0.15) is 0 Å². The van der Waals surface area contributed by atoms with E-state index >= 15 is 0 Å². The molecule has 0 spiro atoms. The van der Waals surface area contributed by atoms with Gasteiger partial charge >= 0.3 is 0 Å². The molecule has 7 aromatic heterocycles. The molecule has 7 heteroatoms. The Balaban J connectivity index is 0.817. The van der Waals surface area contributed by atoms with Crippen molar-refractivity contribution in [3.63, 3.8) is 0 Å². The summed E-state index contributed by atoms with van der Waals surface area (Å²) in [5, 5.41) is 5.04. The Hall–Kier alpha value is -6.32. The molecule has 13 rings (SSSR count). The summed E-state index contributed by atoms with van der Waals surface area (Å²) >= 11 is 9.67. The molecule has 12 aromatic rings. The fourth-order valence-electron chi connectivity index (χ4n) is 11.8. The van der Waals surface area contributed by atoms with E-state index in [1.165, 1.54) is 210 Å². The molecule has 0 atom stereocenters. The molecule has 390 valence electrons. The monoisotopic (exact) mass is 1110 g/mol.